The second kappa shape index (κ2) is 10.7. The van der Waals surface area contributed by atoms with Gasteiger partial charge in [0, 0.05) is 66.8 Å². The number of piperazine rings is 1. The molecule has 0 radical (unpaired) electrons. The first-order chi connectivity index (χ1) is 14.4. The van der Waals surface area contributed by atoms with E-state index in [1.54, 1.807) is 6.26 Å². The SMILES string of the molecule is Cc1ccc(N2CCN(C(=O)c3ccc(CNCCC[S@](C)=O)cc3)CC2)c(C)c1. The Morgan fingerprint density at radius 3 is 2.37 bits per heavy atom. The van der Waals surface area contributed by atoms with Gasteiger partial charge in [-0.25, -0.2) is 0 Å². The quantitative estimate of drug-likeness (QED) is 0.658. The highest BCUT2D eigenvalue weighted by atomic mass is 32.2. The third-order valence-electron chi connectivity index (χ3n) is 5.58. The summed E-state index contributed by atoms with van der Waals surface area (Å²) in [5.74, 6) is 0.845. The number of nitrogens with one attached hydrogen (secondary N) is 1. The van der Waals surface area contributed by atoms with Gasteiger partial charge in [0.1, 0.15) is 0 Å². The van der Waals surface area contributed by atoms with Crippen molar-refractivity contribution in [1.82, 2.24) is 10.2 Å². The molecule has 0 bridgehead atoms. The van der Waals surface area contributed by atoms with Crippen molar-refractivity contribution in [3.8, 4) is 0 Å². The van der Waals surface area contributed by atoms with Gasteiger partial charge in [-0.15, -0.1) is 0 Å². The van der Waals surface area contributed by atoms with Crippen LogP contribution in [0.25, 0.3) is 0 Å². The van der Waals surface area contributed by atoms with Crippen LogP contribution in [0, 0.1) is 13.8 Å². The third-order valence-corrected chi connectivity index (χ3v) is 6.44. The van der Waals surface area contributed by atoms with Gasteiger partial charge in [0.2, 0.25) is 0 Å². The summed E-state index contributed by atoms with van der Waals surface area (Å²) in [4.78, 5) is 17.2. The normalized spacial score (nSPS) is 15.3. The maximum atomic E-state index is 12.9. The van der Waals surface area contributed by atoms with Gasteiger partial charge in [-0.1, -0.05) is 29.8 Å². The lowest BCUT2D eigenvalue weighted by atomic mass is 10.1. The van der Waals surface area contributed by atoms with Gasteiger partial charge < -0.3 is 15.1 Å². The summed E-state index contributed by atoms with van der Waals surface area (Å²) in [5.41, 5.74) is 5.75. The molecule has 1 atom stereocenters. The summed E-state index contributed by atoms with van der Waals surface area (Å²) in [5, 5.41) is 3.36. The van der Waals surface area contributed by atoms with E-state index in [2.05, 4.69) is 42.3 Å². The number of hydrogen-bond acceptors (Lipinski definition) is 4. The Hall–Kier alpha value is -2.18. The number of rotatable bonds is 8. The summed E-state index contributed by atoms with van der Waals surface area (Å²) in [7, 11) is -0.725. The topological polar surface area (TPSA) is 52.6 Å². The highest BCUT2D eigenvalue weighted by molar-refractivity contribution is 7.84. The van der Waals surface area contributed by atoms with E-state index in [-0.39, 0.29) is 5.91 Å². The van der Waals surface area contributed by atoms with Crippen LogP contribution < -0.4 is 10.2 Å². The Labute approximate surface area is 182 Å². The van der Waals surface area contributed by atoms with Crippen molar-refractivity contribution >= 4 is 22.4 Å². The van der Waals surface area contributed by atoms with E-state index in [9.17, 15) is 9.00 Å². The fourth-order valence-electron chi connectivity index (χ4n) is 3.89. The van der Waals surface area contributed by atoms with Crippen molar-refractivity contribution in [2.45, 2.75) is 26.8 Å². The van der Waals surface area contributed by atoms with Gasteiger partial charge in [0.15, 0.2) is 0 Å². The largest absolute Gasteiger partial charge is 0.368 e. The Balaban J connectivity index is 1.48. The predicted octanol–water partition coefficient (Wildman–Crippen LogP) is 3.12. The van der Waals surface area contributed by atoms with Crippen LogP contribution >= 0.6 is 0 Å². The molecule has 162 valence electrons. The molecular formula is C24H33N3O2S. The minimum absolute atomic E-state index is 0.111. The zero-order valence-electron chi connectivity index (χ0n) is 18.3. The first-order valence-corrected chi connectivity index (χ1v) is 12.4. The lowest BCUT2D eigenvalue weighted by molar-refractivity contribution is 0.0747. The number of nitrogens with zero attached hydrogens (tertiary/aromatic N) is 2. The summed E-state index contributed by atoms with van der Waals surface area (Å²) >= 11 is 0. The molecular weight excluding hydrogens is 394 g/mol. The molecule has 1 aliphatic rings. The fourth-order valence-corrected chi connectivity index (χ4v) is 4.44. The van der Waals surface area contributed by atoms with Crippen LogP contribution in [0.1, 0.15) is 33.5 Å². The molecule has 1 fully saturated rings. The lowest BCUT2D eigenvalue weighted by Gasteiger charge is -2.37. The van der Waals surface area contributed by atoms with Crippen LogP contribution in [0.15, 0.2) is 42.5 Å². The number of carbonyl (C=O) groups is 1. The second-order valence-electron chi connectivity index (χ2n) is 8.07. The monoisotopic (exact) mass is 427 g/mol. The zero-order valence-corrected chi connectivity index (χ0v) is 19.1. The number of amides is 1. The number of hydrogen-bond donors (Lipinski definition) is 1. The molecule has 0 aromatic heterocycles. The first-order valence-electron chi connectivity index (χ1n) is 10.6. The predicted molar refractivity (Wildman–Crippen MR) is 126 cm³/mol. The van der Waals surface area contributed by atoms with E-state index in [1.807, 2.05) is 29.2 Å². The van der Waals surface area contributed by atoms with E-state index in [1.165, 1.54) is 16.8 Å². The maximum Gasteiger partial charge on any atom is 0.253 e. The van der Waals surface area contributed by atoms with Gasteiger partial charge >= 0.3 is 0 Å². The van der Waals surface area contributed by atoms with Gasteiger partial charge in [-0.2, -0.15) is 0 Å². The standard InChI is InChI=1S/C24H33N3O2S/c1-19-5-10-23(20(2)17-19)26-12-14-27(15-13-26)24(28)22-8-6-21(7-9-22)18-25-11-4-16-30(3)29/h5-10,17,25H,4,11-16,18H2,1-3H3/t30-/m0/s1. The molecule has 1 saturated heterocycles. The van der Waals surface area contributed by atoms with Crippen LogP contribution in [-0.2, 0) is 17.3 Å². The highest BCUT2D eigenvalue weighted by Crippen LogP contribution is 2.23. The maximum absolute atomic E-state index is 12.9. The molecule has 6 heteroatoms. The fraction of sp³-hybridized carbons (Fsp3) is 0.458. The summed E-state index contributed by atoms with van der Waals surface area (Å²) in [6, 6.07) is 14.5. The Bertz CT molecular complexity index is 875. The molecule has 5 nitrogen and oxygen atoms in total. The van der Waals surface area contributed by atoms with Crippen molar-refractivity contribution in [2.75, 3.05) is 49.6 Å². The van der Waals surface area contributed by atoms with Gasteiger partial charge in [0.05, 0.1) is 0 Å². The van der Waals surface area contributed by atoms with Crippen LogP contribution in [0.3, 0.4) is 0 Å². The Kier molecular flexibility index (Phi) is 8.05. The van der Waals surface area contributed by atoms with Crippen molar-refractivity contribution < 1.29 is 9.00 Å². The number of benzene rings is 2. The average Bonchev–Trinajstić information content (AvgIpc) is 2.73. The number of carbonyl (C=O) groups excluding carboxylic acids is 1. The summed E-state index contributed by atoms with van der Waals surface area (Å²) in [6.07, 6.45) is 2.65. The van der Waals surface area contributed by atoms with Crippen LogP contribution in [0.2, 0.25) is 0 Å². The first kappa shape index (κ1) is 22.5. The van der Waals surface area contributed by atoms with Crippen LogP contribution in [-0.4, -0.2) is 59.7 Å². The minimum Gasteiger partial charge on any atom is -0.368 e. The highest BCUT2D eigenvalue weighted by Gasteiger charge is 2.23. The molecule has 0 aliphatic carbocycles. The molecule has 0 saturated carbocycles. The second-order valence-corrected chi connectivity index (χ2v) is 9.63. The number of aryl methyl sites for hydroxylation is 2. The van der Waals surface area contributed by atoms with Crippen LogP contribution in [0.5, 0.6) is 0 Å². The smallest absolute Gasteiger partial charge is 0.253 e. The molecule has 3 rings (SSSR count). The van der Waals surface area contributed by atoms with Gasteiger partial charge in [-0.3, -0.25) is 9.00 Å². The van der Waals surface area contributed by atoms with Crippen molar-refractivity contribution in [3.05, 3.63) is 64.7 Å². The molecule has 2 aromatic carbocycles. The molecule has 0 unspecified atom stereocenters. The van der Waals surface area contributed by atoms with E-state index < -0.39 is 10.8 Å². The average molecular weight is 428 g/mol. The minimum atomic E-state index is -0.725. The lowest BCUT2D eigenvalue weighted by Crippen LogP contribution is -2.49. The van der Waals surface area contributed by atoms with Gasteiger partial charge in [-0.05, 0) is 56.1 Å². The van der Waals surface area contributed by atoms with E-state index in [0.717, 1.165) is 62.6 Å². The molecule has 30 heavy (non-hydrogen) atoms. The van der Waals surface area contributed by atoms with Crippen molar-refractivity contribution in [3.63, 3.8) is 0 Å². The molecule has 2 aromatic rings. The summed E-state index contributed by atoms with van der Waals surface area (Å²) in [6.45, 7) is 9.10. The number of anilines is 1. The van der Waals surface area contributed by atoms with E-state index in [0.29, 0.717) is 0 Å². The molecule has 1 N–H and O–H groups in total. The van der Waals surface area contributed by atoms with E-state index >= 15 is 0 Å². The zero-order chi connectivity index (χ0) is 21.5. The van der Waals surface area contributed by atoms with E-state index in [4.69, 9.17) is 0 Å². The third kappa shape index (κ3) is 6.16. The van der Waals surface area contributed by atoms with Crippen LogP contribution in [0.4, 0.5) is 5.69 Å². The summed E-state index contributed by atoms with van der Waals surface area (Å²) < 4.78 is 11.1. The van der Waals surface area contributed by atoms with Crippen molar-refractivity contribution in [2.24, 2.45) is 0 Å². The molecule has 1 aliphatic heterocycles. The molecule has 1 amide bonds. The van der Waals surface area contributed by atoms with Crippen molar-refractivity contribution in [1.29, 1.82) is 0 Å². The molecule has 0 spiro atoms. The Morgan fingerprint density at radius 1 is 1.03 bits per heavy atom. The van der Waals surface area contributed by atoms with Gasteiger partial charge in [0.25, 0.3) is 5.91 Å². The Morgan fingerprint density at radius 2 is 1.73 bits per heavy atom. The molecule has 1 heterocycles.